The number of ketones is 3. The van der Waals surface area contributed by atoms with Crippen LogP contribution in [0.4, 0.5) is 0 Å². The molecule has 0 aliphatic heterocycles. The van der Waals surface area contributed by atoms with E-state index in [1.807, 2.05) is 78.9 Å². The summed E-state index contributed by atoms with van der Waals surface area (Å²) < 4.78 is 5.11. The quantitative estimate of drug-likeness (QED) is 0.130. The van der Waals surface area contributed by atoms with Gasteiger partial charge in [0.1, 0.15) is 18.1 Å². The number of hydrogen-bond acceptors (Lipinski definition) is 9. The molecule has 4 amide bonds. The molecule has 306 valence electrons. The van der Waals surface area contributed by atoms with Crippen LogP contribution in [0.15, 0.2) is 91.0 Å². The number of Topliss-reactive ketones (excluding diaryl/α,β-unsaturated/α-hetero) is 3. The summed E-state index contributed by atoms with van der Waals surface area (Å²) in [6.45, 7) is 3.30. The van der Waals surface area contributed by atoms with Crippen LogP contribution < -0.4 is 5.73 Å². The number of carbonyl (C=O) groups excluding carboxylic acids is 7. The first kappa shape index (κ1) is 45.9. The summed E-state index contributed by atoms with van der Waals surface area (Å²) in [5.74, 6) is -6.02. The van der Waals surface area contributed by atoms with Gasteiger partial charge < -0.3 is 30.3 Å². The Balaban J connectivity index is 1.85. The third kappa shape index (κ3) is 15.1. The van der Waals surface area contributed by atoms with Crippen LogP contribution in [0.25, 0.3) is 0 Å². The molecule has 13 heteroatoms. The van der Waals surface area contributed by atoms with Crippen LogP contribution >= 0.6 is 0 Å². The van der Waals surface area contributed by atoms with Crippen molar-refractivity contribution in [3.05, 3.63) is 108 Å². The Morgan fingerprint density at radius 2 is 1.23 bits per heavy atom. The van der Waals surface area contributed by atoms with E-state index in [4.69, 9.17) is 10.5 Å². The molecule has 0 aliphatic rings. The Morgan fingerprint density at radius 1 is 0.684 bits per heavy atom. The molecule has 0 radical (unpaired) electrons. The van der Waals surface area contributed by atoms with Crippen LogP contribution in [-0.2, 0) is 51.3 Å². The standard InChI is InChI=1S/C44H56N4O9/c1-31(44(45)56)22-40(52)37(23-34-14-8-5-9-15-34)25-41(53)38(30-49)24-39(51)27-48(32(2)36-18-12-7-13-19-36)43(55)29-47(26-35-16-10-6-11-17-35)42(54)28-46(33(3)50)20-21-57-4/h5-19,31-32,37-38,49H,20-30H2,1-4H3,(H2,45,56). The van der Waals surface area contributed by atoms with Crippen molar-refractivity contribution in [2.75, 3.05) is 46.5 Å². The van der Waals surface area contributed by atoms with E-state index in [1.165, 1.54) is 28.7 Å². The molecule has 57 heavy (non-hydrogen) atoms. The van der Waals surface area contributed by atoms with E-state index >= 15 is 0 Å². The molecule has 3 rings (SSSR count). The average Bonchev–Trinajstić information content (AvgIpc) is 3.20. The zero-order valence-corrected chi connectivity index (χ0v) is 33.4. The number of primary amides is 1. The number of nitrogens with two attached hydrogens (primary N) is 1. The number of ether oxygens (including phenoxy) is 1. The molecule has 0 saturated heterocycles. The zero-order valence-electron chi connectivity index (χ0n) is 33.4. The molecule has 3 aromatic carbocycles. The minimum Gasteiger partial charge on any atom is -0.396 e. The number of hydrogen-bond donors (Lipinski definition) is 2. The molecule has 0 spiro atoms. The molecule has 3 N–H and O–H groups in total. The number of aliphatic hydroxyl groups excluding tert-OH is 1. The Morgan fingerprint density at radius 3 is 1.77 bits per heavy atom. The summed E-state index contributed by atoms with van der Waals surface area (Å²) in [5.41, 5.74) is 7.69. The van der Waals surface area contributed by atoms with Gasteiger partial charge in [-0.1, -0.05) is 97.9 Å². The van der Waals surface area contributed by atoms with E-state index in [-0.39, 0.29) is 57.2 Å². The van der Waals surface area contributed by atoms with Crippen molar-refractivity contribution in [3.8, 4) is 0 Å². The molecule has 3 aromatic rings. The maximum atomic E-state index is 14.3. The SMILES string of the molecule is COCCN(CC(=O)N(CC(=O)N(CC(=O)CC(CO)C(=O)CC(Cc1ccccc1)C(=O)CC(C)C(N)=O)C(C)c1ccccc1)Cc1ccccc1)C(C)=O. The maximum Gasteiger partial charge on any atom is 0.243 e. The van der Waals surface area contributed by atoms with E-state index < -0.39 is 79.2 Å². The second-order valence-electron chi connectivity index (χ2n) is 14.4. The highest BCUT2D eigenvalue weighted by atomic mass is 16.5. The van der Waals surface area contributed by atoms with Gasteiger partial charge in [-0.25, -0.2) is 0 Å². The monoisotopic (exact) mass is 784 g/mol. The summed E-state index contributed by atoms with van der Waals surface area (Å²) in [5, 5.41) is 10.3. The fourth-order valence-electron chi connectivity index (χ4n) is 6.44. The van der Waals surface area contributed by atoms with Gasteiger partial charge in [-0.2, -0.15) is 0 Å². The molecule has 13 nitrogen and oxygen atoms in total. The first-order valence-electron chi connectivity index (χ1n) is 19.2. The van der Waals surface area contributed by atoms with Crippen LogP contribution in [-0.4, -0.2) is 107 Å². The molecule has 0 saturated carbocycles. The molecule has 0 bridgehead atoms. The molecular formula is C44H56N4O9. The van der Waals surface area contributed by atoms with Gasteiger partial charge in [0.2, 0.25) is 23.6 Å². The first-order chi connectivity index (χ1) is 27.2. The second-order valence-corrected chi connectivity index (χ2v) is 14.4. The van der Waals surface area contributed by atoms with Gasteiger partial charge in [0.25, 0.3) is 0 Å². The minimum absolute atomic E-state index is 0.0606. The van der Waals surface area contributed by atoms with Gasteiger partial charge in [0.05, 0.1) is 32.3 Å². The van der Waals surface area contributed by atoms with Gasteiger partial charge in [-0.05, 0) is 30.0 Å². The fourth-order valence-corrected chi connectivity index (χ4v) is 6.44. The van der Waals surface area contributed by atoms with Crippen molar-refractivity contribution in [3.63, 3.8) is 0 Å². The zero-order chi connectivity index (χ0) is 41.9. The van der Waals surface area contributed by atoms with Gasteiger partial charge in [0, 0.05) is 64.1 Å². The molecule has 4 atom stereocenters. The van der Waals surface area contributed by atoms with Crippen LogP contribution in [0.2, 0.25) is 0 Å². The second kappa shape index (κ2) is 23.5. The van der Waals surface area contributed by atoms with Crippen molar-refractivity contribution >= 4 is 41.0 Å². The van der Waals surface area contributed by atoms with Crippen molar-refractivity contribution in [2.45, 2.75) is 59.0 Å². The number of amides is 4. The van der Waals surface area contributed by atoms with Crippen molar-refractivity contribution < 1.29 is 43.4 Å². The number of nitrogens with zero attached hydrogens (tertiary/aromatic N) is 3. The predicted molar refractivity (Wildman–Crippen MR) is 214 cm³/mol. The van der Waals surface area contributed by atoms with E-state index in [0.29, 0.717) is 0 Å². The normalized spacial score (nSPS) is 13.1. The number of aliphatic hydroxyl groups is 1. The van der Waals surface area contributed by atoms with E-state index in [2.05, 4.69) is 0 Å². The predicted octanol–water partition coefficient (Wildman–Crippen LogP) is 3.57. The molecule has 0 heterocycles. The highest BCUT2D eigenvalue weighted by Crippen LogP contribution is 2.24. The smallest absolute Gasteiger partial charge is 0.243 e. The van der Waals surface area contributed by atoms with Gasteiger partial charge >= 0.3 is 0 Å². The third-order valence-corrected chi connectivity index (χ3v) is 10.0. The molecule has 4 unspecified atom stereocenters. The maximum absolute atomic E-state index is 14.3. The largest absolute Gasteiger partial charge is 0.396 e. The van der Waals surface area contributed by atoms with Crippen LogP contribution in [0.1, 0.15) is 62.8 Å². The number of rotatable bonds is 25. The lowest BCUT2D eigenvalue weighted by Gasteiger charge is -2.33. The lowest BCUT2D eigenvalue weighted by Crippen LogP contribution is -2.48. The Hall–Kier alpha value is -5.53. The summed E-state index contributed by atoms with van der Waals surface area (Å²) in [6.07, 6.45) is -0.598. The topological polar surface area (TPSA) is 185 Å². The van der Waals surface area contributed by atoms with Crippen LogP contribution in [0.3, 0.4) is 0 Å². The third-order valence-electron chi connectivity index (χ3n) is 10.0. The van der Waals surface area contributed by atoms with Gasteiger partial charge in [-0.15, -0.1) is 0 Å². The molecule has 0 aromatic heterocycles. The number of benzene rings is 3. The van der Waals surface area contributed by atoms with Crippen molar-refractivity contribution in [1.29, 1.82) is 0 Å². The molecular weight excluding hydrogens is 729 g/mol. The Labute approximate surface area is 335 Å². The van der Waals surface area contributed by atoms with E-state index in [1.54, 1.807) is 26.0 Å². The van der Waals surface area contributed by atoms with Gasteiger partial charge in [0.15, 0.2) is 5.78 Å². The minimum atomic E-state index is -1.15. The summed E-state index contributed by atoms with van der Waals surface area (Å²) >= 11 is 0. The highest BCUT2D eigenvalue weighted by molar-refractivity contribution is 5.95. The number of carbonyl (C=O) groups is 7. The average molecular weight is 785 g/mol. The highest BCUT2D eigenvalue weighted by Gasteiger charge is 2.32. The molecule has 0 fully saturated rings. The van der Waals surface area contributed by atoms with E-state index in [9.17, 15) is 38.7 Å². The van der Waals surface area contributed by atoms with Gasteiger partial charge in [-0.3, -0.25) is 33.6 Å². The number of methoxy groups -OCH3 is 1. The van der Waals surface area contributed by atoms with Crippen molar-refractivity contribution in [2.24, 2.45) is 23.5 Å². The van der Waals surface area contributed by atoms with Crippen LogP contribution in [0, 0.1) is 17.8 Å². The Kier molecular flexibility index (Phi) is 18.9. The first-order valence-corrected chi connectivity index (χ1v) is 19.2. The Bertz CT molecular complexity index is 1790. The molecule has 0 aliphatic carbocycles. The van der Waals surface area contributed by atoms with E-state index in [0.717, 1.165) is 16.7 Å². The lowest BCUT2D eigenvalue weighted by atomic mass is 9.83. The summed E-state index contributed by atoms with van der Waals surface area (Å²) in [7, 11) is 1.49. The lowest BCUT2D eigenvalue weighted by molar-refractivity contribution is -0.146. The van der Waals surface area contributed by atoms with Crippen molar-refractivity contribution in [1.82, 2.24) is 14.7 Å². The summed E-state index contributed by atoms with van der Waals surface area (Å²) in [4.78, 5) is 97.1. The van der Waals surface area contributed by atoms with Crippen LogP contribution in [0.5, 0.6) is 0 Å². The fraction of sp³-hybridized carbons (Fsp3) is 0.432. The summed E-state index contributed by atoms with van der Waals surface area (Å²) in [6, 6.07) is 26.6.